The molecule has 0 bridgehead atoms. The van der Waals surface area contributed by atoms with E-state index in [-0.39, 0.29) is 11.8 Å². The van der Waals surface area contributed by atoms with Crippen molar-refractivity contribution in [2.24, 2.45) is 0 Å². The number of carbonyl (C=O) groups excluding carboxylic acids is 2. The maximum absolute atomic E-state index is 13.1. The van der Waals surface area contributed by atoms with Crippen molar-refractivity contribution < 1.29 is 23.5 Å². The van der Waals surface area contributed by atoms with Crippen molar-refractivity contribution >= 4 is 17.5 Å². The zero-order valence-electron chi connectivity index (χ0n) is 18.5. The van der Waals surface area contributed by atoms with Crippen molar-refractivity contribution in [1.82, 2.24) is 4.90 Å². The summed E-state index contributed by atoms with van der Waals surface area (Å²) in [5.41, 5.74) is 2.83. The van der Waals surface area contributed by atoms with Gasteiger partial charge in [0.15, 0.2) is 6.10 Å². The van der Waals surface area contributed by atoms with Gasteiger partial charge < -0.3 is 19.7 Å². The first kappa shape index (κ1) is 22.3. The minimum absolute atomic E-state index is 0.0865. The molecule has 3 aromatic carbocycles. The third-order valence-electron chi connectivity index (χ3n) is 5.58. The van der Waals surface area contributed by atoms with Gasteiger partial charge in [-0.25, -0.2) is 4.39 Å². The number of methoxy groups -OCH3 is 1. The van der Waals surface area contributed by atoms with E-state index in [0.717, 1.165) is 16.9 Å². The van der Waals surface area contributed by atoms with E-state index in [0.29, 0.717) is 36.5 Å². The third-order valence-corrected chi connectivity index (χ3v) is 5.58. The first-order valence-electron chi connectivity index (χ1n) is 10.7. The van der Waals surface area contributed by atoms with Gasteiger partial charge in [0.2, 0.25) is 0 Å². The smallest absolute Gasteiger partial charge is 0.263 e. The molecule has 2 amide bonds. The first-order chi connectivity index (χ1) is 15.9. The number of carbonyl (C=O) groups is 2. The Balaban J connectivity index is 1.48. The zero-order chi connectivity index (χ0) is 23.4. The summed E-state index contributed by atoms with van der Waals surface area (Å²) in [6, 6.07) is 18.4. The van der Waals surface area contributed by atoms with Crippen LogP contribution in [0.25, 0.3) is 0 Å². The van der Waals surface area contributed by atoms with Crippen molar-refractivity contribution in [3.05, 3.63) is 89.2 Å². The molecule has 0 spiro atoms. The number of rotatable bonds is 6. The minimum Gasteiger partial charge on any atom is -0.497 e. The summed E-state index contributed by atoms with van der Waals surface area (Å²) < 4.78 is 24.2. The van der Waals surface area contributed by atoms with Crippen molar-refractivity contribution in [2.75, 3.05) is 19.0 Å². The van der Waals surface area contributed by atoms with Crippen LogP contribution in [0, 0.1) is 5.82 Å². The Morgan fingerprint density at radius 3 is 2.55 bits per heavy atom. The predicted molar refractivity (Wildman–Crippen MR) is 123 cm³/mol. The Bertz CT molecular complexity index is 1150. The Morgan fingerprint density at radius 1 is 1.12 bits per heavy atom. The topological polar surface area (TPSA) is 67.9 Å². The van der Waals surface area contributed by atoms with Crippen LogP contribution in [-0.2, 0) is 17.8 Å². The molecule has 1 aliphatic heterocycles. The highest BCUT2D eigenvalue weighted by Gasteiger charge is 2.28. The fraction of sp³-hybridized carbons (Fsp3) is 0.231. The van der Waals surface area contributed by atoms with Crippen LogP contribution in [0.2, 0.25) is 0 Å². The SMILES string of the molecule is COc1ccc(CCN2Cc3cc(NC(=O)c4ccc(F)cc4)ccc3O[C@@H](C)C2=O)cc1. The molecule has 1 atom stereocenters. The molecule has 170 valence electrons. The second kappa shape index (κ2) is 9.73. The number of benzene rings is 3. The number of amides is 2. The summed E-state index contributed by atoms with van der Waals surface area (Å²) >= 11 is 0. The van der Waals surface area contributed by atoms with Gasteiger partial charge in [0.25, 0.3) is 11.8 Å². The van der Waals surface area contributed by atoms with Crippen molar-refractivity contribution in [2.45, 2.75) is 26.0 Å². The second-order valence-corrected chi connectivity index (χ2v) is 7.90. The summed E-state index contributed by atoms with van der Waals surface area (Å²) in [4.78, 5) is 27.2. The molecular weight excluding hydrogens is 423 g/mol. The van der Waals surface area contributed by atoms with Crippen LogP contribution in [0.3, 0.4) is 0 Å². The molecule has 4 rings (SSSR count). The van der Waals surface area contributed by atoms with Gasteiger partial charge in [-0.1, -0.05) is 12.1 Å². The normalized spacial score (nSPS) is 15.3. The quantitative estimate of drug-likeness (QED) is 0.606. The predicted octanol–water partition coefficient (Wildman–Crippen LogP) is 4.44. The van der Waals surface area contributed by atoms with E-state index in [1.165, 1.54) is 24.3 Å². The minimum atomic E-state index is -0.609. The Kier molecular flexibility index (Phi) is 6.58. The van der Waals surface area contributed by atoms with Gasteiger partial charge in [-0.2, -0.15) is 0 Å². The second-order valence-electron chi connectivity index (χ2n) is 7.90. The number of nitrogens with one attached hydrogen (secondary N) is 1. The van der Waals surface area contributed by atoms with Gasteiger partial charge in [0.05, 0.1) is 7.11 Å². The number of halogens is 1. The monoisotopic (exact) mass is 448 g/mol. The standard InChI is InChI=1S/C26H25FN2O4/c1-17-26(31)29(14-13-18-3-10-23(32-2)11-4-18)16-20-15-22(9-12-24(20)33-17)28-25(30)19-5-7-21(27)8-6-19/h3-12,15,17H,13-14,16H2,1-2H3,(H,28,30)/t17-/m0/s1. The van der Waals surface area contributed by atoms with Crippen LogP contribution in [-0.4, -0.2) is 36.5 Å². The van der Waals surface area contributed by atoms with Crippen LogP contribution < -0.4 is 14.8 Å². The summed E-state index contributed by atoms with van der Waals surface area (Å²) in [7, 11) is 1.63. The number of anilines is 1. The summed E-state index contributed by atoms with van der Waals surface area (Å²) in [5.74, 6) is 0.572. The molecule has 1 heterocycles. The lowest BCUT2D eigenvalue weighted by Gasteiger charge is -2.22. The molecule has 33 heavy (non-hydrogen) atoms. The van der Waals surface area contributed by atoms with Gasteiger partial charge >= 0.3 is 0 Å². The number of fused-ring (bicyclic) bond motifs is 1. The average molecular weight is 448 g/mol. The summed E-state index contributed by atoms with van der Waals surface area (Å²) in [5, 5.41) is 2.82. The number of hydrogen-bond acceptors (Lipinski definition) is 4. The Morgan fingerprint density at radius 2 is 1.85 bits per heavy atom. The summed E-state index contributed by atoms with van der Waals surface area (Å²) in [6.07, 6.45) is 0.0838. The van der Waals surface area contributed by atoms with Crippen LogP contribution >= 0.6 is 0 Å². The molecule has 0 saturated heterocycles. The third kappa shape index (κ3) is 5.31. The molecule has 1 N–H and O–H groups in total. The van der Waals surface area contributed by atoms with Gasteiger partial charge in [-0.05, 0) is 73.5 Å². The Hall–Kier alpha value is -3.87. The van der Waals surface area contributed by atoms with Crippen molar-refractivity contribution in [3.63, 3.8) is 0 Å². The van der Waals surface area contributed by atoms with Crippen molar-refractivity contribution in [1.29, 1.82) is 0 Å². The molecule has 0 saturated carbocycles. The molecule has 7 heteroatoms. The summed E-state index contributed by atoms with van der Waals surface area (Å²) in [6.45, 7) is 2.64. The average Bonchev–Trinajstić information content (AvgIpc) is 2.94. The van der Waals surface area contributed by atoms with E-state index in [4.69, 9.17) is 9.47 Å². The van der Waals surface area contributed by atoms with E-state index in [9.17, 15) is 14.0 Å². The molecule has 3 aromatic rings. The van der Waals surface area contributed by atoms with Gasteiger partial charge in [-0.15, -0.1) is 0 Å². The lowest BCUT2D eigenvalue weighted by molar-refractivity contribution is -0.137. The highest BCUT2D eigenvalue weighted by molar-refractivity contribution is 6.04. The molecule has 0 fully saturated rings. The fourth-order valence-corrected chi connectivity index (χ4v) is 3.73. The first-order valence-corrected chi connectivity index (χ1v) is 10.7. The zero-order valence-corrected chi connectivity index (χ0v) is 18.5. The molecule has 6 nitrogen and oxygen atoms in total. The molecule has 1 aliphatic rings. The molecule has 0 unspecified atom stereocenters. The van der Waals surface area contributed by atoms with E-state index < -0.39 is 11.9 Å². The highest BCUT2D eigenvalue weighted by Crippen LogP contribution is 2.29. The largest absolute Gasteiger partial charge is 0.497 e. The molecule has 0 aliphatic carbocycles. The van der Waals surface area contributed by atoms with Gasteiger partial charge in [-0.3, -0.25) is 9.59 Å². The number of nitrogens with zero attached hydrogens (tertiary/aromatic N) is 1. The van der Waals surface area contributed by atoms with Crippen LogP contribution in [0.1, 0.15) is 28.4 Å². The van der Waals surface area contributed by atoms with Crippen LogP contribution in [0.4, 0.5) is 10.1 Å². The maximum Gasteiger partial charge on any atom is 0.263 e. The van der Waals surface area contributed by atoms with Crippen LogP contribution in [0.5, 0.6) is 11.5 Å². The van der Waals surface area contributed by atoms with E-state index in [1.807, 2.05) is 30.3 Å². The van der Waals surface area contributed by atoms with Crippen LogP contribution in [0.15, 0.2) is 66.7 Å². The number of hydrogen-bond donors (Lipinski definition) is 1. The van der Waals surface area contributed by atoms with Gasteiger partial charge in [0, 0.05) is 29.9 Å². The van der Waals surface area contributed by atoms with E-state index in [1.54, 1.807) is 31.1 Å². The molecular formula is C26H25FN2O4. The molecule has 0 aromatic heterocycles. The fourth-order valence-electron chi connectivity index (χ4n) is 3.73. The van der Waals surface area contributed by atoms with Crippen molar-refractivity contribution in [3.8, 4) is 11.5 Å². The highest BCUT2D eigenvalue weighted by atomic mass is 19.1. The lowest BCUT2D eigenvalue weighted by atomic mass is 10.1. The maximum atomic E-state index is 13.1. The Labute approximate surface area is 191 Å². The van der Waals surface area contributed by atoms with E-state index >= 15 is 0 Å². The number of ether oxygens (including phenoxy) is 2. The lowest BCUT2D eigenvalue weighted by Crippen LogP contribution is -2.39. The van der Waals surface area contributed by atoms with E-state index in [2.05, 4.69) is 5.32 Å². The van der Waals surface area contributed by atoms with Gasteiger partial charge in [0.1, 0.15) is 17.3 Å². The molecule has 0 radical (unpaired) electrons.